The van der Waals surface area contributed by atoms with Crippen LogP contribution in [-0.4, -0.2) is 77.4 Å². The van der Waals surface area contributed by atoms with Crippen LogP contribution in [0.2, 0.25) is 0 Å². The molecular weight excluding hydrogens is 529 g/mol. The van der Waals surface area contributed by atoms with Crippen molar-refractivity contribution in [2.45, 2.75) is 51.7 Å². The van der Waals surface area contributed by atoms with Crippen LogP contribution in [0.25, 0.3) is 0 Å². The maximum absolute atomic E-state index is 12.9. The molecular formula is C24H29F3N4O6S. The number of hydrogen-bond acceptors (Lipinski definition) is 8. The number of carbonyl (C=O) groups is 3. The predicted octanol–water partition coefficient (Wildman–Crippen LogP) is 3.82. The van der Waals surface area contributed by atoms with E-state index in [0.29, 0.717) is 24.5 Å². The third-order valence-electron chi connectivity index (χ3n) is 5.31. The number of rotatable bonds is 8. The molecule has 0 radical (unpaired) electrons. The number of likely N-dealkylation sites (tertiary alicyclic amines) is 1. The molecule has 1 N–H and O–H groups in total. The maximum atomic E-state index is 12.9. The van der Waals surface area contributed by atoms with E-state index in [0.717, 1.165) is 12.1 Å². The molecule has 38 heavy (non-hydrogen) atoms. The first kappa shape index (κ1) is 29.0. The first-order valence-corrected chi connectivity index (χ1v) is 12.5. The molecule has 1 aliphatic heterocycles. The maximum Gasteiger partial charge on any atom is 0.573 e. The number of thiazole rings is 1. The minimum Gasteiger partial charge on any atom is -0.484 e. The van der Waals surface area contributed by atoms with Crippen LogP contribution in [0.1, 0.15) is 42.7 Å². The molecule has 14 heteroatoms. The Hall–Kier alpha value is -3.55. The number of likely N-dealkylation sites (N-methyl/N-ethyl adjacent to an activating group) is 1. The third kappa shape index (κ3) is 8.78. The number of ether oxygens (including phenoxy) is 3. The van der Waals surface area contributed by atoms with Crippen molar-refractivity contribution in [3.8, 4) is 11.5 Å². The van der Waals surface area contributed by atoms with Crippen molar-refractivity contribution in [2.75, 3.05) is 26.7 Å². The summed E-state index contributed by atoms with van der Waals surface area (Å²) in [5.41, 5.74) is -0.365. The van der Waals surface area contributed by atoms with Gasteiger partial charge in [-0.25, -0.2) is 9.78 Å². The van der Waals surface area contributed by atoms with Crippen molar-refractivity contribution in [2.24, 2.45) is 0 Å². The zero-order valence-electron chi connectivity index (χ0n) is 21.3. The largest absolute Gasteiger partial charge is 0.573 e. The molecule has 1 fully saturated rings. The van der Waals surface area contributed by atoms with Crippen LogP contribution in [0.4, 0.5) is 18.0 Å². The van der Waals surface area contributed by atoms with Gasteiger partial charge >= 0.3 is 12.5 Å². The Kier molecular flexibility index (Phi) is 9.07. The molecule has 2 aromatic rings. The van der Waals surface area contributed by atoms with E-state index in [1.165, 1.54) is 28.4 Å². The zero-order valence-corrected chi connectivity index (χ0v) is 22.1. The number of halogens is 3. The van der Waals surface area contributed by atoms with Gasteiger partial charge in [0.15, 0.2) is 6.61 Å². The first-order chi connectivity index (χ1) is 17.7. The minimum atomic E-state index is -4.79. The van der Waals surface area contributed by atoms with Gasteiger partial charge < -0.3 is 29.3 Å². The average Bonchev–Trinajstić information content (AvgIpc) is 3.49. The summed E-state index contributed by atoms with van der Waals surface area (Å²) in [5, 5.41) is 4.73. The molecule has 0 saturated carbocycles. The molecule has 208 valence electrons. The smallest absolute Gasteiger partial charge is 0.484 e. The lowest BCUT2D eigenvalue weighted by atomic mass is 10.2. The number of nitrogens with zero attached hydrogens (tertiary/aromatic N) is 3. The van der Waals surface area contributed by atoms with Gasteiger partial charge in [0.1, 0.15) is 27.8 Å². The summed E-state index contributed by atoms with van der Waals surface area (Å²) in [6.45, 7) is 5.91. The molecule has 1 saturated heterocycles. The lowest BCUT2D eigenvalue weighted by Gasteiger charge is -2.28. The molecule has 0 bridgehead atoms. The van der Waals surface area contributed by atoms with Gasteiger partial charge in [0.25, 0.3) is 11.8 Å². The zero-order chi connectivity index (χ0) is 28.1. The summed E-state index contributed by atoms with van der Waals surface area (Å²) < 4.78 is 51.1. The van der Waals surface area contributed by atoms with Gasteiger partial charge in [-0.1, -0.05) is 0 Å². The van der Waals surface area contributed by atoms with Crippen LogP contribution in [-0.2, 0) is 16.1 Å². The van der Waals surface area contributed by atoms with Crippen LogP contribution in [0.15, 0.2) is 29.6 Å². The molecule has 3 amide bonds. The van der Waals surface area contributed by atoms with E-state index >= 15 is 0 Å². The highest BCUT2D eigenvalue weighted by Gasteiger charge is 2.34. The third-order valence-corrected chi connectivity index (χ3v) is 6.16. The van der Waals surface area contributed by atoms with Crippen molar-refractivity contribution in [1.82, 2.24) is 20.1 Å². The first-order valence-electron chi connectivity index (χ1n) is 11.6. The Morgan fingerprint density at radius 3 is 2.45 bits per heavy atom. The number of nitrogens with one attached hydrogen (secondary N) is 1. The topological polar surface area (TPSA) is 110 Å². The Labute approximate surface area is 221 Å². The van der Waals surface area contributed by atoms with Crippen molar-refractivity contribution in [3.05, 3.63) is 40.3 Å². The van der Waals surface area contributed by atoms with Crippen LogP contribution in [0, 0.1) is 0 Å². The van der Waals surface area contributed by atoms with Crippen molar-refractivity contribution >= 4 is 29.2 Å². The molecule has 1 aromatic carbocycles. The Bertz CT molecular complexity index is 1130. The lowest BCUT2D eigenvalue weighted by molar-refractivity contribution is -0.274. The van der Waals surface area contributed by atoms with E-state index in [2.05, 4.69) is 15.0 Å². The monoisotopic (exact) mass is 558 g/mol. The second kappa shape index (κ2) is 11.9. The van der Waals surface area contributed by atoms with Crippen LogP contribution in [0.5, 0.6) is 11.5 Å². The van der Waals surface area contributed by atoms with Gasteiger partial charge in [0, 0.05) is 25.5 Å². The molecule has 1 aliphatic rings. The fourth-order valence-electron chi connectivity index (χ4n) is 3.49. The Morgan fingerprint density at radius 2 is 1.82 bits per heavy atom. The number of alkyl halides is 3. The van der Waals surface area contributed by atoms with Crippen molar-refractivity contribution in [1.29, 1.82) is 0 Å². The van der Waals surface area contributed by atoms with Crippen molar-refractivity contribution < 1.29 is 41.8 Å². The molecule has 1 unspecified atom stereocenters. The van der Waals surface area contributed by atoms with E-state index in [9.17, 15) is 27.6 Å². The average molecular weight is 559 g/mol. The molecule has 3 rings (SSSR count). The second-order valence-electron chi connectivity index (χ2n) is 9.50. The van der Waals surface area contributed by atoms with Gasteiger partial charge in [-0.05, 0) is 51.5 Å². The standard InChI is InChI=1S/C24H29F3N4O6S/c1-23(2,3)37-22(34)30(4)15-9-10-31(12-15)21(33)18-14-38-20(29-18)11-28-19(32)13-35-16-5-7-17(8-6-16)36-24(25,26)27/h5-8,14-15H,9-13H2,1-4H3,(H,28,32). The van der Waals surface area contributed by atoms with Gasteiger partial charge in [0.05, 0.1) is 12.6 Å². The number of amides is 3. The lowest BCUT2D eigenvalue weighted by Crippen LogP contribution is -2.42. The van der Waals surface area contributed by atoms with Crippen LogP contribution >= 0.6 is 11.3 Å². The highest BCUT2D eigenvalue weighted by molar-refractivity contribution is 7.09. The number of carbonyl (C=O) groups excluding carboxylic acids is 3. The molecule has 0 aliphatic carbocycles. The second-order valence-corrected chi connectivity index (χ2v) is 10.4. The number of hydrogen-bond donors (Lipinski definition) is 1. The molecule has 1 aromatic heterocycles. The number of aromatic nitrogens is 1. The summed E-state index contributed by atoms with van der Waals surface area (Å²) in [5.74, 6) is -0.947. The molecule has 1 atom stereocenters. The van der Waals surface area contributed by atoms with Gasteiger partial charge in [-0.2, -0.15) is 0 Å². The fourth-order valence-corrected chi connectivity index (χ4v) is 4.20. The van der Waals surface area contributed by atoms with Gasteiger partial charge in [0.2, 0.25) is 0 Å². The van der Waals surface area contributed by atoms with E-state index in [4.69, 9.17) is 9.47 Å². The van der Waals surface area contributed by atoms with Gasteiger partial charge in [-0.15, -0.1) is 24.5 Å². The predicted molar refractivity (Wildman–Crippen MR) is 131 cm³/mol. The van der Waals surface area contributed by atoms with E-state index in [1.807, 2.05) is 0 Å². The quantitative estimate of drug-likeness (QED) is 0.525. The van der Waals surface area contributed by atoms with E-state index in [1.54, 1.807) is 38.1 Å². The summed E-state index contributed by atoms with van der Waals surface area (Å²) >= 11 is 1.21. The van der Waals surface area contributed by atoms with Crippen LogP contribution < -0.4 is 14.8 Å². The number of benzene rings is 1. The fraction of sp³-hybridized carbons (Fsp3) is 0.500. The molecule has 10 nitrogen and oxygen atoms in total. The Morgan fingerprint density at radius 1 is 1.16 bits per heavy atom. The molecule has 0 spiro atoms. The van der Waals surface area contributed by atoms with E-state index < -0.39 is 29.7 Å². The molecule has 2 heterocycles. The highest BCUT2D eigenvalue weighted by atomic mass is 32.1. The summed E-state index contributed by atoms with van der Waals surface area (Å²) in [4.78, 5) is 44.7. The summed E-state index contributed by atoms with van der Waals surface area (Å²) in [6, 6.07) is 4.49. The normalized spacial score (nSPS) is 15.7. The van der Waals surface area contributed by atoms with Crippen LogP contribution in [0.3, 0.4) is 0 Å². The summed E-state index contributed by atoms with van der Waals surface area (Å²) in [7, 11) is 1.65. The Balaban J connectivity index is 1.43. The summed E-state index contributed by atoms with van der Waals surface area (Å²) in [6.07, 6.45) is -4.62. The minimum absolute atomic E-state index is 0.0719. The SMILES string of the molecule is CN(C(=O)OC(C)(C)C)C1CCN(C(=O)c2csc(CNC(=O)COc3ccc(OC(F)(F)F)cc3)n2)C1. The van der Waals surface area contributed by atoms with Gasteiger partial charge in [-0.3, -0.25) is 9.59 Å². The van der Waals surface area contributed by atoms with Crippen molar-refractivity contribution in [3.63, 3.8) is 0 Å². The van der Waals surface area contributed by atoms with E-state index in [-0.39, 0.29) is 36.5 Å². The highest BCUT2D eigenvalue weighted by Crippen LogP contribution is 2.25.